The van der Waals surface area contributed by atoms with Crippen LogP contribution >= 0.6 is 30.4 Å². The first-order chi connectivity index (χ1) is 11.1. The topological polar surface area (TPSA) is 340 Å². The summed E-state index contributed by atoms with van der Waals surface area (Å²) in [6, 6.07) is 0. The van der Waals surface area contributed by atoms with Gasteiger partial charge in [0.1, 0.15) is 5.08 Å². The third-order valence-corrected chi connectivity index (χ3v) is 10.2. The Morgan fingerprint density at radius 3 is 0.897 bits per heavy atom. The quantitative estimate of drug-likeness (QED) is 0.114. The zero-order valence-corrected chi connectivity index (χ0v) is 25.0. The van der Waals surface area contributed by atoms with E-state index in [1.54, 1.807) is 0 Å². The number of nitrogens with two attached hydrogens (primary N) is 2. The number of rotatable bonds is 8. The van der Waals surface area contributed by atoms with Gasteiger partial charge in [0.05, 0.1) is 0 Å². The molecule has 160 valence electrons. The van der Waals surface area contributed by atoms with Crippen molar-refractivity contribution in [3.63, 3.8) is 0 Å². The Kier molecular flexibility index (Phi) is 24.0. The van der Waals surface area contributed by atoms with Crippen LogP contribution in [0.2, 0.25) is 0 Å². The SMILES string of the molecule is NCCC(O)(P(=O)([O-])[O-])P(=O)(O)O.NCCC(O)(P(=O)([O-])[O-])P(=O)([O-])[O-].[Ca+2].[Ca+2].[Ca+2]. The predicted molar refractivity (Wildman–Crippen MR) is 89.4 cm³/mol. The molecule has 29 heavy (non-hydrogen) atoms. The Hall–Kier alpha value is 4.22. The van der Waals surface area contributed by atoms with E-state index >= 15 is 0 Å². The first-order valence-electron chi connectivity index (χ1n) is 6.09. The van der Waals surface area contributed by atoms with E-state index in [-0.39, 0.29) is 113 Å². The minimum Gasteiger partial charge on any atom is -0.808 e. The Morgan fingerprint density at radius 2 is 0.828 bits per heavy atom. The molecule has 0 aliphatic heterocycles. The molecule has 23 heteroatoms. The first-order valence-corrected chi connectivity index (χ1v) is 12.3. The van der Waals surface area contributed by atoms with Crippen LogP contribution in [-0.2, 0) is 18.3 Å². The van der Waals surface area contributed by atoms with Crippen LogP contribution in [0.3, 0.4) is 0 Å². The van der Waals surface area contributed by atoms with Crippen molar-refractivity contribution in [2.45, 2.75) is 23.0 Å². The van der Waals surface area contributed by atoms with Crippen molar-refractivity contribution in [3.8, 4) is 0 Å². The molecule has 0 radical (unpaired) electrons. The van der Waals surface area contributed by atoms with Crippen molar-refractivity contribution in [1.82, 2.24) is 0 Å². The van der Waals surface area contributed by atoms with Gasteiger partial charge in [-0.05, 0) is 42.3 Å². The average molecular weight is 584 g/mol. The van der Waals surface area contributed by atoms with Crippen molar-refractivity contribution in [2.75, 3.05) is 13.1 Å². The average Bonchev–Trinajstić information content (AvgIpc) is 2.34. The minimum absolute atomic E-state index is 0. The fourth-order valence-corrected chi connectivity index (χ4v) is 5.36. The summed E-state index contributed by atoms with van der Waals surface area (Å²) < 4.78 is 41.4. The fourth-order valence-electron chi connectivity index (χ4n) is 1.25. The van der Waals surface area contributed by atoms with Crippen molar-refractivity contribution in [1.29, 1.82) is 0 Å². The Bertz CT molecular complexity index is 556. The fraction of sp³-hybridized carbons (Fsp3) is 1.00. The van der Waals surface area contributed by atoms with Crippen molar-refractivity contribution >= 4 is 144 Å². The molecular formula is C6H16Ca3N2O14P4. The number of hydrogen-bond donors (Lipinski definition) is 6. The largest absolute Gasteiger partial charge is 2.00 e. The van der Waals surface area contributed by atoms with E-state index < -0.39 is 66.5 Å². The van der Waals surface area contributed by atoms with Gasteiger partial charge in [-0.25, -0.2) is 0 Å². The zero-order valence-electron chi connectivity index (χ0n) is 14.8. The molecule has 0 saturated heterocycles. The molecule has 0 spiro atoms. The van der Waals surface area contributed by atoms with Gasteiger partial charge >= 0.3 is 121 Å². The standard InChI is InChI=1S/2C3H11NO7P2.3Ca/c2*4-2-1-3(5,12(6,7)8)13(9,10)11;;;/h2*5H,1-2,4H2,(H2,6,7,8)(H2,9,10,11);;;/q;;3*+2/p-6. The van der Waals surface area contributed by atoms with Crippen LogP contribution in [0.15, 0.2) is 0 Å². The van der Waals surface area contributed by atoms with Gasteiger partial charge < -0.3 is 74.5 Å². The summed E-state index contributed by atoms with van der Waals surface area (Å²) in [6.45, 7) is -1.14. The van der Waals surface area contributed by atoms with E-state index in [1.807, 2.05) is 0 Å². The van der Waals surface area contributed by atoms with Crippen molar-refractivity contribution in [2.24, 2.45) is 11.5 Å². The molecule has 0 fully saturated rings. The van der Waals surface area contributed by atoms with Gasteiger partial charge in [0.15, 0.2) is 5.08 Å². The normalized spacial score (nSPS) is 14.8. The van der Waals surface area contributed by atoms with Gasteiger partial charge in [-0.1, -0.05) is 0 Å². The maximum atomic E-state index is 10.5. The van der Waals surface area contributed by atoms with Crippen molar-refractivity contribution < 1.29 is 67.6 Å². The third-order valence-electron chi connectivity index (χ3n) is 2.74. The van der Waals surface area contributed by atoms with Crippen LogP contribution in [0.1, 0.15) is 12.8 Å². The molecule has 1 atom stereocenters. The van der Waals surface area contributed by atoms with Crippen LogP contribution in [0, 0.1) is 0 Å². The van der Waals surface area contributed by atoms with Gasteiger partial charge in [-0.2, -0.15) is 0 Å². The van der Waals surface area contributed by atoms with E-state index in [1.165, 1.54) is 0 Å². The summed E-state index contributed by atoms with van der Waals surface area (Å²) in [4.78, 5) is 78.7. The van der Waals surface area contributed by atoms with E-state index in [0.717, 1.165) is 0 Å². The van der Waals surface area contributed by atoms with E-state index in [2.05, 4.69) is 0 Å². The third kappa shape index (κ3) is 12.7. The van der Waals surface area contributed by atoms with Gasteiger partial charge in [0.2, 0.25) is 0 Å². The Morgan fingerprint density at radius 1 is 0.621 bits per heavy atom. The Balaban J connectivity index is -0.000000120. The number of hydrogen-bond acceptors (Lipinski definition) is 14. The summed E-state index contributed by atoms with van der Waals surface area (Å²) in [5.74, 6) is 0. The molecule has 0 aromatic rings. The van der Waals surface area contributed by atoms with Gasteiger partial charge in [-0.15, -0.1) is 0 Å². The summed E-state index contributed by atoms with van der Waals surface area (Å²) in [5, 5.41) is 10.4. The summed E-state index contributed by atoms with van der Waals surface area (Å²) >= 11 is 0. The van der Waals surface area contributed by atoms with Crippen molar-refractivity contribution in [3.05, 3.63) is 0 Å². The molecule has 0 aliphatic carbocycles. The first kappa shape index (κ1) is 43.3. The van der Waals surface area contributed by atoms with E-state index in [4.69, 9.17) is 31.5 Å². The van der Waals surface area contributed by atoms with Crippen LogP contribution in [0.4, 0.5) is 0 Å². The second-order valence-corrected chi connectivity index (χ2v) is 12.4. The molecule has 0 amide bonds. The summed E-state index contributed by atoms with van der Waals surface area (Å²) in [5.41, 5.74) is 9.56. The molecule has 1 unspecified atom stereocenters. The van der Waals surface area contributed by atoms with Crippen LogP contribution in [0.5, 0.6) is 0 Å². The maximum Gasteiger partial charge on any atom is 2.00 e. The molecule has 0 rings (SSSR count). The summed E-state index contributed by atoms with van der Waals surface area (Å²) in [6.07, 6.45) is -2.12. The number of aliphatic hydroxyl groups is 2. The van der Waals surface area contributed by atoms with E-state index in [0.29, 0.717) is 0 Å². The monoisotopic (exact) mass is 584 g/mol. The van der Waals surface area contributed by atoms with E-state index in [9.17, 15) is 47.6 Å². The van der Waals surface area contributed by atoms with Crippen LogP contribution < -0.4 is 40.8 Å². The maximum absolute atomic E-state index is 10.5. The summed E-state index contributed by atoms with van der Waals surface area (Å²) in [7, 11) is -23.1. The molecule has 0 aromatic heterocycles. The molecule has 8 N–H and O–H groups in total. The second kappa shape index (κ2) is 16.1. The zero-order chi connectivity index (χ0) is 21.8. The predicted octanol–water partition coefficient (Wildman–Crippen LogP) is -8.26. The van der Waals surface area contributed by atoms with Gasteiger partial charge in [0, 0.05) is 6.42 Å². The molecule has 16 nitrogen and oxygen atoms in total. The van der Waals surface area contributed by atoms with Crippen LogP contribution in [-0.4, -0.2) is 156 Å². The minimum atomic E-state index is -5.94. The van der Waals surface area contributed by atoms with Crippen LogP contribution in [0.25, 0.3) is 0 Å². The van der Waals surface area contributed by atoms with Gasteiger partial charge in [-0.3, -0.25) is 4.57 Å². The molecule has 0 aromatic carbocycles. The Labute approximate surface area is 254 Å². The molecule has 0 bridgehead atoms. The molecule has 0 saturated carbocycles. The molecule has 0 aliphatic rings. The second-order valence-electron chi connectivity index (χ2n) is 4.66. The molecule has 0 heterocycles. The van der Waals surface area contributed by atoms with Gasteiger partial charge in [0.25, 0.3) is 0 Å². The smallest absolute Gasteiger partial charge is 0.808 e. The molecular weight excluding hydrogens is 568 g/mol.